The van der Waals surface area contributed by atoms with Crippen LogP contribution in [0, 0.1) is 0 Å². The molecule has 1 aliphatic rings. The zero-order valence-corrected chi connectivity index (χ0v) is 23.1. The average Bonchev–Trinajstić information content (AvgIpc) is 3.36. The van der Waals surface area contributed by atoms with Crippen LogP contribution in [0.25, 0.3) is 10.9 Å². The van der Waals surface area contributed by atoms with E-state index in [9.17, 15) is 9.59 Å². The van der Waals surface area contributed by atoms with E-state index in [4.69, 9.17) is 26.2 Å². The van der Waals surface area contributed by atoms with E-state index in [1.807, 2.05) is 53.2 Å². The Morgan fingerprint density at radius 2 is 1.88 bits per heavy atom. The summed E-state index contributed by atoms with van der Waals surface area (Å²) in [6, 6.07) is 25.3. The maximum absolute atomic E-state index is 13.1. The van der Waals surface area contributed by atoms with Crippen LogP contribution in [0.1, 0.15) is 47.1 Å². The third-order valence-electron chi connectivity index (χ3n) is 7.10. The number of halogens is 1. The van der Waals surface area contributed by atoms with Gasteiger partial charge in [-0.05, 0) is 79.4 Å². The van der Waals surface area contributed by atoms with Gasteiger partial charge in [-0.3, -0.25) is 9.59 Å². The van der Waals surface area contributed by atoms with E-state index in [2.05, 4.69) is 5.32 Å². The van der Waals surface area contributed by atoms with Gasteiger partial charge in [-0.2, -0.15) is 5.10 Å². The Morgan fingerprint density at radius 1 is 1.00 bits per heavy atom. The topological polar surface area (TPSA) is 87.4 Å². The van der Waals surface area contributed by atoms with Gasteiger partial charge in [0, 0.05) is 34.8 Å². The van der Waals surface area contributed by atoms with Crippen molar-refractivity contribution in [1.29, 1.82) is 0 Å². The highest BCUT2D eigenvalue weighted by Crippen LogP contribution is 2.30. The first-order valence-electron chi connectivity index (χ1n) is 13.6. The van der Waals surface area contributed by atoms with E-state index in [-0.39, 0.29) is 24.2 Å². The maximum atomic E-state index is 13.1. The quantitative estimate of drug-likeness (QED) is 0.237. The molecule has 1 fully saturated rings. The van der Waals surface area contributed by atoms with Gasteiger partial charge in [0.25, 0.3) is 11.5 Å². The molecule has 2 aromatic heterocycles. The van der Waals surface area contributed by atoms with Crippen LogP contribution in [0.5, 0.6) is 11.5 Å². The second-order valence-electron chi connectivity index (χ2n) is 10.00. The predicted molar refractivity (Wildman–Crippen MR) is 158 cm³/mol. The summed E-state index contributed by atoms with van der Waals surface area (Å²) in [5, 5.41) is 9.30. The second-order valence-corrected chi connectivity index (χ2v) is 10.4. The first-order chi connectivity index (χ1) is 20.0. The van der Waals surface area contributed by atoms with E-state index >= 15 is 0 Å². The lowest BCUT2D eigenvalue weighted by Crippen LogP contribution is -2.23. The Balaban J connectivity index is 1.13. The molecule has 0 radical (unpaired) electrons. The molecule has 0 aliphatic carbocycles. The number of carbonyl (C=O) groups excluding carboxylic acids is 1. The van der Waals surface area contributed by atoms with Gasteiger partial charge in [0.1, 0.15) is 11.5 Å². The number of carbonyl (C=O) groups is 1. The fourth-order valence-electron chi connectivity index (χ4n) is 5.00. The molecular weight excluding hydrogens is 540 g/mol. The van der Waals surface area contributed by atoms with Crippen LogP contribution in [0.4, 0.5) is 0 Å². The summed E-state index contributed by atoms with van der Waals surface area (Å²) >= 11 is 6.30. The van der Waals surface area contributed by atoms with Crippen molar-refractivity contribution in [3.63, 3.8) is 0 Å². The SMILES string of the molecule is O=C(NCc1nn(C2CCCCO2)c2ccc(Cl)cc12)c1cccc(Oc2ccc(Cn3ccccc3=O)cc2)c1. The summed E-state index contributed by atoms with van der Waals surface area (Å²) in [5.41, 5.74) is 3.06. The van der Waals surface area contributed by atoms with Crippen molar-refractivity contribution in [3.05, 3.63) is 123 Å². The number of nitrogens with zero attached hydrogens (tertiary/aromatic N) is 3. The lowest BCUT2D eigenvalue weighted by molar-refractivity contribution is -0.0369. The molecule has 0 saturated carbocycles. The molecule has 3 heterocycles. The third-order valence-corrected chi connectivity index (χ3v) is 7.33. The van der Waals surface area contributed by atoms with E-state index in [1.165, 1.54) is 6.07 Å². The number of hydrogen-bond acceptors (Lipinski definition) is 5. The van der Waals surface area contributed by atoms with Crippen molar-refractivity contribution in [3.8, 4) is 11.5 Å². The molecule has 0 bridgehead atoms. The van der Waals surface area contributed by atoms with Crippen molar-refractivity contribution in [1.82, 2.24) is 19.7 Å². The average molecular weight is 569 g/mol. The van der Waals surface area contributed by atoms with Crippen LogP contribution in [-0.4, -0.2) is 26.9 Å². The fraction of sp³-hybridized carbons (Fsp3) is 0.219. The summed E-state index contributed by atoms with van der Waals surface area (Å²) in [6.07, 6.45) is 4.67. The van der Waals surface area contributed by atoms with E-state index in [0.717, 1.165) is 41.4 Å². The summed E-state index contributed by atoms with van der Waals surface area (Å²) in [6.45, 7) is 1.43. The Morgan fingerprint density at radius 3 is 2.68 bits per heavy atom. The number of ether oxygens (including phenoxy) is 2. The van der Waals surface area contributed by atoms with Crippen molar-refractivity contribution in [2.75, 3.05) is 6.61 Å². The summed E-state index contributed by atoms with van der Waals surface area (Å²) in [7, 11) is 0. The molecule has 208 valence electrons. The van der Waals surface area contributed by atoms with Gasteiger partial charge < -0.3 is 19.4 Å². The summed E-state index contributed by atoms with van der Waals surface area (Å²) in [5.74, 6) is 0.934. The first-order valence-corrected chi connectivity index (χ1v) is 14.0. The Kier molecular flexibility index (Phi) is 7.84. The molecule has 1 N–H and O–H groups in total. The summed E-state index contributed by atoms with van der Waals surface area (Å²) in [4.78, 5) is 25.1. The molecule has 1 atom stereocenters. The predicted octanol–water partition coefficient (Wildman–Crippen LogP) is 6.32. The van der Waals surface area contributed by atoms with Crippen molar-refractivity contribution in [2.24, 2.45) is 0 Å². The van der Waals surface area contributed by atoms with E-state index in [1.54, 1.807) is 41.1 Å². The Hall–Kier alpha value is -4.40. The molecular formula is C32H29ClN4O4. The van der Waals surface area contributed by atoms with Gasteiger partial charge >= 0.3 is 0 Å². The third kappa shape index (κ3) is 6.19. The van der Waals surface area contributed by atoms with Crippen LogP contribution in [-0.2, 0) is 17.8 Å². The fourth-order valence-corrected chi connectivity index (χ4v) is 5.17. The molecule has 0 spiro atoms. The molecule has 1 saturated heterocycles. The molecule has 1 unspecified atom stereocenters. The van der Waals surface area contributed by atoms with Gasteiger partial charge in [-0.25, -0.2) is 4.68 Å². The number of nitrogens with one attached hydrogen (secondary N) is 1. The van der Waals surface area contributed by atoms with Gasteiger partial charge in [0.15, 0.2) is 6.23 Å². The molecule has 5 aromatic rings. The number of hydrogen-bond donors (Lipinski definition) is 1. The second kappa shape index (κ2) is 12.0. The number of rotatable bonds is 8. The molecule has 6 rings (SSSR count). The minimum absolute atomic E-state index is 0.0495. The van der Waals surface area contributed by atoms with Crippen molar-refractivity contribution >= 4 is 28.4 Å². The first kappa shape index (κ1) is 26.8. The van der Waals surface area contributed by atoms with Crippen LogP contribution in [0.2, 0.25) is 5.02 Å². The smallest absolute Gasteiger partial charge is 0.251 e. The molecule has 1 amide bonds. The number of pyridine rings is 1. The molecule has 1 aliphatic heterocycles. The van der Waals surface area contributed by atoms with E-state index in [0.29, 0.717) is 35.2 Å². The molecule has 41 heavy (non-hydrogen) atoms. The van der Waals surface area contributed by atoms with Crippen molar-refractivity contribution in [2.45, 2.75) is 38.6 Å². The highest BCUT2D eigenvalue weighted by molar-refractivity contribution is 6.31. The van der Waals surface area contributed by atoms with Crippen molar-refractivity contribution < 1.29 is 14.3 Å². The maximum Gasteiger partial charge on any atom is 0.251 e. The lowest BCUT2D eigenvalue weighted by atomic mass is 10.1. The van der Waals surface area contributed by atoms with Crippen LogP contribution >= 0.6 is 11.6 Å². The molecule has 8 nitrogen and oxygen atoms in total. The largest absolute Gasteiger partial charge is 0.457 e. The zero-order chi connectivity index (χ0) is 28.2. The standard InChI is InChI=1S/C32H29ClN4O4/c33-24-12-15-29-27(19-24)28(35-37(29)31-9-2-4-17-40-31)20-34-32(39)23-6-5-7-26(18-23)41-25-13-10-22(11-14-25)21-36-16-3-1-8-30(36)38/h1,3,5-8,10-16,18-19,31H,2,4,9,17,20-21H2,(H,34,39). The molecule has 3 aromatic carbocycles. The number of fused-ring (bicyclic) bond motifs is 1. The van der Waals surface area contributed by atoms with Gasteiger partial charge in [-0.15, -0.1) is 0 Å². The lowest BCUT2D eigenvalue weighted by Gasteiger charge is -2.23. The monoisotopic (exact) mass is 568 g/mol. The Bertz CT molecular complexity index is 1740. The van der Waals surface area contributed by atoms with Crippen LogP contribution < -0.4 is 15.6 Å². The van der Waals surface area contributed by atoms with Gasteiger partial charge in [-0.1, -0.05) is 35.9 Å². The highest BCUT2D eigenvalue weighted by atomic mass is 35.5. The van der Waals surface area contributed by atoms with Gasteiger partial charge in [0.05, 0.1) is 24.3 Å². The zero-order valence-electron chi connectivity index (χ0n) is 22.3. The van der Waals surface area contributed by atoms with E-state index < -0.39 is 0 Å². The normalized spacial score (nSPS) is 15.1. The minimum atomic E-state index is -0.238. The minimum Gasteiger partial charge on any atom is -0.457 e. The molecule has 9 heteroatoms. The number of amides is 1. The van der Waals surface area contributed by atoms with Gasteiger partial charge in [0.2, 0.25) is 0 Å². The van der Waals surface area contributed by atoms with Crippen LogP contribution in [0.3, 0.4) is 0 Å². The number of benzene rings is 3. The van der Waals surface area contributed by atoms with Crippen LogP contribution in [0.15, 0.2) is 95.9 Å². The summed E-state index contributed by atoms with van der Waals surface area (Å²) < 4.78 is 15.5. The Labute approximate surface area is 242 Å². The highest BCUT2D eigenvalue weighted by Gasteiger charge is 2.21. The number of aromatic nitrogens is 3.